The molecule has 2 aromatic rings. The lowest BCUT2D eigenvalue weighted by Gasteiger charge is -2.15. The molecule has 1 unspecified atom stereocenters. The van der Waals surface area contributed by atoms with Crippen molar-refractivity contribution in [2.24, 2.45) is 12.8 Å². The fraction of sp³-hybridized carbons (Fsp3) is 0.400. The van der Waals surface area contributed by atoms with Crippen LogP contribution in [0.2, 0.25) is 0 Å². The summed E-state index contributed by atoms with van der Waals surface area (Å²) in [5.74, 6) is 0.948. The monoisotopic (exact) mass is 259 g/mol. The van der Waals surface area contributed by atoms with Crippen LogP contribution < -0.4 is 10.5 Å². The van der Waals surface area contributed by atoms with Gasteiger partial charge in [-0.2, -0.15) is 5.10 Å². The molecule has 19 heavy (non-hydrogen) atoms. The van der Waals surface area contributed by atoms with Crippen LogP contribution in [0.4, 0.5) is 0 Å². The van der Waals surface area contributed by atoms with Gasteiger partial charge < -0.3 is 10.5 Å². The molecule has 2 N–H and O–H groups in total. The maximum absolute atomic E-state index is 5.96. The summed E-state index contributed by atoms with van der Waals surface area (Å²) in [6.45, 7) is 4.60. The number of aryl methyl sites for hydroxylation is 2. The highest BCUT2D eigenvalue weighted by molar-refractivity contribution is 5.41. The van der Waals surface area contributed by atoms with Crippen LogP contribution in [-0.4, -0.2) is 15.8 Å². The topological polar surface area (TPSA) is 53.1 Å². The molecule has 0 fully saturated rings. The molecule has 1 atom stereocenters. The van der Waals surface area contributed by atoms with E-state index >= 15 is 0 Å². The van der Waals surface area contributed by atoms with Gasteiger partial charge in [-0.1, -0.05) is 18.2 Å². The predicted octanol–water partition coefficient (Wildman–Crippen LogP) is 2.20. The zero-order valence-electron chi connectivity index (χ0n) is 11.8. The van der Waals surface area contributed by atoms with Gasteiger partial charge >= 0.3 is 0 Å². The number of hydrogen-bond donors (Lipinski definition) is 1. The minimum atomic E-state index is 0.127. The van der Waals surface area contributed by atoms with E-state index in [1.54, 1.807) is 4.68 Å². The van der Waals surface area contributed by atoms with Gasteiger partial charge in [-0.3, -0.25) is 4.68 Å². The Bertz CT molecular complexity index is 546. The largest absolute Gasteiger partial charge is 0.488 e. The Morgan fingerprint density at radius 2 is 2.21 bits per heavy atom. The van der Waals surface area contributed by atoms with Crippen molar-refractivity contribution in [2.75, 3.05) is 0 Å². The zero-order chi connectivity index (χ0) is 13.8. The summed E-state index contributed by atoms with van der Waals surface area (Å²) < 4.78 is 7.74. The van der Waals surface area contributed by atoms with Gasteiger partial charge in [-0.25, -0.2) is 0 Å². The zero-order valence-corrected chi connectivity index (χ0v) is 11.8. The quantitative estimate of drug-likeness (QED) is 0.895. The van der Waals surface area contributed by atoms with Crippen molar-refractivity contribution in [3.8, 4) is 5.75 Å². The van der Waals surface area contributed by atoms with Crippen molar-refractivity contribution in [3.63, 3.8) is 0 Å². The van der Waals surface area contributed by atoms with Crippen molar-refractivity contribution in [1.82, 2.24) is 9.78 Å². The second-order valence-electron chi connectivity index (χ2n) is 5.06. The highest BCUT2D eigenvalue weighted by Crippen LogP contribution is 2.25. The lowest BCUT2D eigenvalue weighted by Crippen LogP contribution is -2.18. The molecule has 0 radical (unpaired) electrons. The molecule has 0 aliphatic carbocycles. The second kappa shape index (κ2) is 5.89. The molecule has 1 aromatic carbocycles. The van der Waals surface area contributed by atoms with E-state index in [2.05, 4.69) is 24.2 Å². The number of ether oxygens (including phenoxy) is 1. The number of benzene rings is 1. The molecule has 0 saturated heterocycles. The number of nitrogens with zero attached hydrogens (tertiary/aromatic N) is 2. The first kappa shape index (κ1) is 13.6. The number of para-hydroxylation sites is 1. The number of aromatic nitrogens is 2. The highest BCUT2D eigenvalue weighted by atomic mass is 16.5. The molecule has 4 nitrogen and oxygen atoms in total. The van der Waals surface area contributed by atoms with Crippen LogP contribution in [-0.2, 0) is 20.1 Å². The summed E-state index contributed by atoms with van der Waals surface area (Å²) in [6, 6.07) is 6.31. The third-order valence-corrected chi connectivity index (χ3v) is 2.98. The first-order valence-corrected chi connectivity index (χ1v) is 6.50. The Labute approximate surface area is 114 Å². The summed E-state index contributed by atoms with van der Waals surface area (Å²) in [5.41, 5.74) is 9.26. The Hall–Kier alpha value is -1.81. The molecule has 0 bridgehead atoms. The smallest absolute Gasteiger partial charge is 0.125 e. The average Bonchev–Trinajstić information content (AvgIpc) is 2.73. The summed E-state index contributed by atoms with van der Waals surface area (Å²) in [4.78, 5) is 0. The van der Waals surface area contributed by atoms with E-state index in [0.29, 0.717) is 6.61 Å². The molecule has 0 spiro atoms. The Kier molecular flexibility index (Phi) is 4.22. The van der Waals surface area contributed by atoms with Gasteiger partial charge in [0.15, 0.2) is 0 Å². The van der Waals surface area contributed by atoms with Crippen LogP contribution in [0.1, 0.15) is 23.6 Å². The number of rotatable bonds is 5. The first-order valence-electron chi connectivity index (χ1n) is 6.50. The molecule has 0 aliphatic rings. The maximum atomic E-state index is 5.96. The van der Waals surface area contributed by atoms with E-state index < -0.39 is 0 Å². The summed E-state index contributed by atoms with van der Waals surface area (Å²) in [7, 11) is 1.90. The Morgan fingerprint density at radius 1 is 1.42 bits per heavy atom. The van der Waals surface area contributed by atoms with Crippen LogP contribution in [0.15, 0.2) is 30.6 Å². The van der Waals surface area contributed by atoms with Crippen molar-refractivity contribution in [3.05, 3.63) is 47.3 Å². The van der Waals surface area contributed by atoms with Crippen molar-refractivity contribution >= 4 is 0 Å². The molecule has 2 rings (SSSR count). The van der Waals surface area contributed by atoms with E-state index in [4.69, 9.17) is 10.5 Å². The van der Waals surface area contributed by atoms with Crippen LogP contribution >= 0.6 is 0 Å². The average molecular weight is 259 g/mol. The maximum Gasteiger partial charge on any atom is 0.125 e. The van der Waals surface area contributed by atoms with Crippen LogP contribution in [0.3, 0.4) is 0 Å². The van der Waals surface area contributed by atoms with Gasteiger partial charge in [0.05, 0.1) is 6.20 Å². The standard InChI is InChI=1S/C15H21N3O/c1-11-5-4-6-14(7-12(2)16)15(11)19-10-13-8-17-18(3)9-13/h4-6,8-9,12H,7,10,16H2,1-3H3. The molecule has 4 heteroatoms. The Balaban J connectivity index is 2.14. The van der Waals surface area contributed by atoms with E-state index in [9.17, 15) is 0 Å². The van der Waals surface area contributed by atoms with E-state index in [1.807, 2.05) is 32.4 Å². The number of hydrogen-bond acceptors (Lipinski definition) is 3. The van der Waals surface area contributed by atoms with Gasteiger partial charge in [0.1, 0.15) is 12.4 Å². The molecular formula is C15H21N3O. The van der Waals surface area contributed by atoms with Crippen LogP contribution in [0.5, 0.6) is 5.75 Å². The third kappa shape index (κ3) is 3.58. The normalized spacial score (nSPS) is 12.4. The van der Waals surface area contributed by atoms with Gasteiger partial charge in [-0.05, 0) is 31.4 Å². The SMILES string of the molecule is Cc1cccc(CC(C)N)c1OCc1cnn(C)c1. The molecule has 102 valence electrons. The predicted molar refractivity (Wildman–Crippen MR) is 76.1 cm³/mol. The fourth-order valence-electron chi connectivity index (χ4n) is 2.13. The van der Waals surface area contributed by atoms with Crippen LogP contribution in [0.25, 0.3) is 0 Å². The summed E-state index contributed by atoms with van der Waals surface area (Å²) in [5, 5.41) is 4.14. The lowest BCUT2D eigenvalue weighted by atomic mass is 10.0. The summed E-state index contributed by atoms with van der Waals surface area (Å²) >= 11 is 0. The fourth-order valence-corrected chi connectivity index (χ4v) is 2.13. The van der Waals surface area contributed by atoms with Crippen molar-refractivity contribution in [2.45, 2.75) is 32.9 Å². The minimum absolute atomic E-state index is 0.127. The van der Waals surface area contributed by atoms with E-state index in [1.165, 1.54) is 5.56 Å². The van der Waals surface area contributed by atoms with Gasteiger partial charge in [0, 0.05) is 24.8 Å². The third-order valence-electron chi connectivity index (χ3n) is 2.98. The molecule has 1 heterocycles. The van der Waals surface area contributed by atoms with Crippen molar-refractivity contribution < 1.29 is 4.74 Å². The molecule has 0 saturated carbocycles. The van der Waals surface area contributed by atoms with Gasteiger partial charge in [0.25, 0.3) is 0 Å². The highest BCUT2D eigenvalue weighted by Gasteiger charge is 2.09. The lowest BCUT2D eigenvalue weighted by molar-refractivity contribution is 0.300. The molecule has 0 aliphatic heterocycles. The molecular weight excluding hydrogens is 238 g/mol. The van der Waals surface area contributed by atoms with E-state index in [0.717, 1.165) is 23.3 Å². The van der Waals surface area contributed by atoms with Crippen LogP contribution in [0, 0.1) is 6.92 Å². The molecule has 0 amide bonds. The summed E-state index contributed by atoms with van der Waals surface area (Å²) in [6.07, 6.45) is 4.61. The van der Waals surface area contributed by atoms with Gasteiger partial charge in [-0.15, -0.1) is 0 Å². The second-order valence-corrected chi connectivity index (χ2v) is 5.06. The van der Waals surface area contributed by atoms with E-state index in [-0.39, 0.29) is 6.04 Å². The first-order chi connectivity index (χ1) is 9.06. The number of nitrogens with two attached hydrogens (primary N) is 1. The van der Waals surface area contributed by atoms with Crippen molar-refractivity contribution in [1.29, 1.82) is 0 Å². The van der Waals surface area contributed by atoms with Gasteiger partial charge in [0.2, 0.25) is 0 Å². The minimum Gasteiger partial charge on any atom is -0.488 e. The molecule has 1 aromatic heterocycles. The Morgan fingerprint density at radius 3 is 2.84 bits per heavy atom.